The van der Waals surface area contributed by atoms with E-state index in [1.165, 1.54) is 5.56 Å². The van der Waals surface area contributed by atoms with Crippen LogP contribution in [0.2, 0.25) is 0 Å². The SMILES string of the molecule is CCc1c(C)cc2c(ccn2C=O)c1-c1cc(F)c2c(c1C)CCCO2. The minimum Gasteiger partial charge on any atom is -0.490 e. The number of fused-ring (bicyclic) bond motifs is 2. The van der Waals surface area contributed by atoms with Crippen molar-refractivity contribution in [2.45, 2.75) is 40.0 Å². The van der Waals surface area contributed by atoms with E-state index in [0.29, 0.717) is 12.4 Å². The summed E-state index contributed by atoms with van der Waals surface area (Å²) in [5.41, 5.74) is 7.15. The average molecular weight is 351 g/mol. The van der Waals surface area contributed by atoms with Crippen LogP contribution in [0.25, 0.3) is 22.0 Å². The summed E-state index contributed by atoms with van der Waals surface area (Å²) >= 11 is 0. The van der Waals surface area contributed by atoms with Gasteiger partial charge in [0.1, 0.15) is 0 Å². The van der Waals surface area contributed by atoms with E-state index in [2.05, 4.69) is 13.8 Å². The zero-order valence-electron chi connectivity index (χ0n) is 15.4. The van der Waals surface area contributed by atoms with Crippen molar-refractivity contribution >= 4 is 17.3 Å². The Balaban J connectivity index is 2.10. The van der Waals surface area contributed by atoms with Crippen LogP contribution >= 0.6 is 0 Å². The van der Waals surface area contributed by atoms with Crippen molar-refractivity contribution in [3.8, 4) is 16.9 Å². The van der Waals surface area contributed by atoms with Crippen LogP contribution in [-0.4, -0.2) is 17.6 Å². The highest BCUT2D eigenvalue weighted by Gasteiger charge is 2.23. The molecule has 0 aliphatic carbocycles. The molecule has 1 aromatic heterocycles. The number of aromatic nitrogens is 1. The van der Waals surface area contributed by atoms with Gasteiger partial charge in [-0.05, 0) is 79.1 Å². The van der Waals surface area contributed by atoms with Gasteiger partial charge in [0.15, 0.2) is 11.6 Å². The van der Waals surface area contributed by atoms with Crippen LogP contribution in [0.3, 0.4) is 0 Å². The fraction of sp³-hybridized carbons (Fsp3) is 0.318. The average Bonchev–Trinajstić information content (AvgIpc) is 3.06. The van der Waals surface area contributed by atoms with Crippen LogP contribution in [0, 0.1) is 19.7 Å². The smallest absolute Gasteiger partial charge is 0.218 e. The number of benzene rings is 2. The summed E-state index contributed by atoms with van der Waals surface area (Å²) in [6.07, 6.45) is 5.16. The van der Waals surface area contributed by atoms with Gasteiger partial charge < -0.3 is 4.74 Å². The van der Waals surface area contributed by atoms with Crippen LogP contribution in [0.5, 0.6) is 5.75 Å². The molecule has 0 saturated carbocycles. The summed E-state index contributed by atoms with van der Waals surface area (Å²) in [6, 6.07) is 5.59. The maximum Gasteiger partial charge on any atom is 0.218 e. The third-order valence-corrected chi connectivity index (χ3v) is 5.53. The van der Waals surface area contributed by atoms with Gasteiger partial charge in [0.25, 0.3) is 0 Å². The number of halogens is 1. The highest BCUT2D eigenvalue weighted by molar-refractivity contribution is 6.01. The summed E-state index contributed by atoms with van der Waals surface area (Å²) in [7, 11) is 0. The Morgan fingerprint density at radius 3 is 2.85 bits per heavy atom. The van der Waals surface area contributed by atoms with E-state index in [1.54, 1.807) is 16.8 Å². The summed E-state index contributed by atoms with van der Waals surface area (Å²) in [6.45, 7) is 6.78. The molecule has 1 aliphatic rings. The van der Waals surface area contributed by atoms with Gasteiger partial charge in [-0.25, -0.2) is 4.39 Å². The van der Waals surface area contributed by atoms with Gasteiger partial charge in [0, 0.05) is 17.1 Å². The van der Waals surface area contributed by atoms with Gasteiger partial charge in [-0.1, -0.05) is 6.92 Å². The van der Waals surface area contributed by atoms with Crippen LogP contribution in [0.4, 0.5) is 4.39 Å². The molecule has 0 radical (unpaired) electrons. The van der Waals surface area contributed by atoms with Gasteiger partial charge >= 0.3 is 0 Å². The Morgan fingerprint density at radius 2 is 2.12 bits per heavy atom. The Labute approximate surface area is 152 Å². The normalized spacial score (nSPS) is 13.5. The molecule has 0 saturated heterocycles. The van der Waals surface area contributed by atoms with Crippen LogP contribution in [-0.2, 0) is 17.6 Å². The lowest BCUT2D eigenvalue weighted by molar-refractivity contribution is 0.273. The van der Waals surface area contributed by atoms with Crippen molar-refractivity contribution in [1.29, 1.82) is 0 Å². The first kappa shape index (κ1) is 16.8. The third kappa shape index (κ3) is 2.36. The molecule has 1 aliphatic heterocycles. The molecule has 0 spiro atoms. The van der Waals surface area contributed by atoms with E-state index >= 15 is 0 Å². The number of hydrogen-bond donors (Lipinski definition) is 0. The van der Waals surface area contributed by atoms with Gasteiger partial charge in [0.05, 0.1) is 12.1 Å². The maximum absolute atomic E-state index is 14.8. The van der Waals surface area contributed by atoms with E-state index in [9.17, 15) is 9.18 Å². The molecule has 0 N–H and O–H groups in total. The van der Waals surface area contributed by atoms with E-state index in [1.807, 2.05) is 19.1 Å². The number of rotatable bonds is 3. The molecule has 2 aromatic carbocycles. The van der Waals surface area contributed by atoms with Crippen molar-refractivity contribution in [3.63, 3.8) is 0 Å². The quantitative estimate of drug-likeness (QED) is 0.623. The van der Waals surface area contributed by atoms with E-state index < -0.39 is 0 Å². The maximum atomic E-state index is 14.8. The second-order valence-electron chi connectivity index (χ2n) is 6.95. The van der Waals surface area contributed by atoms with Crippen molar-refractivity contribution < 1.29 is 13.9 Å². The van der Waals surface area contributed by atoms with Crippen LogP contribution < -0.4 is 4.74 Å². The molecule has 3 aromatic rings. The molecule has 26 heavy (non-hydrogen) atoms. The number of hydrogen-bond acceptors (Lipinski definition) is 2. The summed E-state index contributed by atoms with van der Waals surface area (Å²) in [4.78, 5) is 11.4. The molecule has 0 atom stereocenters. The van der Waals surface area contributed by atoms with Crippen molar-refractivity contribution in [2.24, 2.45) is 0 Å². The zero-order chi connectivity index (χ0) is 18.4. The van der Waals surface area contributed by atoms with Gasteiger partial charge in [0.2, 0.25) is 6.41 Å². The van der Waals surface area contributed by atoms with Gasteiger partial charge in [-0.2, -0.15) is 0 Å². The van der Waals surface area contributed by atoms with Crippen molar-refractivity contribution in [3.05, 3.63) is 52.5 Å². The lowest BCUT2D eigenvalue weighted by atomic mass is 9.86. The molecule has 0 bridgehead atoms. The fourth-order valence-corrected chi connectivity index (χ4v) is 4.25. The molecule has 134 valence electrons. The number of aryl methyl sites for hydroxylation is 1. The first-order valence-corrected chi connectivity index (χ1v) is 9.10. The van der Waals surface area contributed by atoms with E-state index in [4.69, 9.17) is 4.74 Å². The summed E-state index contributed by atoms with van der Waals surface area (Å²) in [5, 5.41) is 0.985. The van der Waals surface area contributed by atoms with E-state index in [-0.39, 0.29) is 5.82 Å². The highest BCUT2D eigenvalue weighted by Crippen LogP contribution is 2.42. The molecule has 3 nitrogen and oxygen atoms in total. The first-order chi connectivity index (χ1) is 12.6. The second-order valence-corrected chi connectivity index (χ2v) is 6.95. The predicted molar refractivity (Wildman–Crippen MR) is 102 cm³/mol. The summed E-state index contributed by atoms with van der Waals surface area (Å²) < 4.78 is 22.0. The number of ether oxygens (including phenoxy) is 1. The lowest BCUT2D eigenvalue weighted by Crippen LogP contribution is -2.12. The lowest BCUT2D eigenvalue weighted by Gasteiger charge is -2.23. The fourth-order valence-electron chi connectivity index (χ4n) is 4.25. The molecule has 4 rings (SSSR count). The third-order valence-electron chi connectivity index (χ3n) is 5.53. The zero-order valence-corrected chi connectivity index (χ0v) is 15.4. The standard InChI is InChI=1S/C22H22FNO2/c1-4-15-13(2)10-20-17(7-8-24(20)12-25)21(15)18-11-19(23)22-16(14(18)3)6-5-9-26-22/h7-8,10-12H,4-6,9H2,1-3H3. The molecule has 4 heteroatoms. The summed E-state index contributed by atoms with van der Waals surface area (Å²) in [5.74, 6) is 0.108. The Bertz CT molecular complexity index is 1030. The highest BCUT2D eigenvalue weighted by atomic mass is 19.1. The van der Waals surface area contributed by atoms with Crippen LogP contribution in [0.1, 0.15) is 35.6 Å². The molecular weight excluding hydrogens is 329 g/mol. The van der Waals surface area contributed by atoms with Gasteiger partial charge in [-0.3, -0.25) is 9.36 Å². The molecule has 0 unspecified atom stereocenters. The first-order valence-electron chi connectivity index (χ1n) is 9.10. The van der Waals surface area contributed by atoms with Crippen LogP contribution in [0.15, 0.2) is 24.4 Å². The predicted octanol–water partition coefficient (Wildman–Crippen LogP) is 4.99. The topological polar surface area (TPSA) is 31.2 Å². The second kappa shape index (κ2) is 6.27. The molecular formula is C22H22FNO2. The molecule has 0 fully saturated rings. The largest absolute Gasteiger partial charge is 0.490 e. The van der Waals surface area contributed by atoms with Gasteiger partial charge in [-0.15, -0.1) is 0 Å². The minimum atomic E-state index is -0.299. The van der Waals surface area contributed by atoms with Crippen molar-refractivity contribution in [1.82, 2.24) is 4.57 Å². The van der Waals surface area contributed by atoms with E-state index in [0.717, 1.165) is 64.4 Å². The monoisotopic (exact) mass is 351 g/mol. The number of carbonyl (C=O) groups is 1. The Morgan fingerprint density at radius 1 is 1.31 bits per heavy atom. The number of carbonyl (C=O) groups excluding carboxylic acids is 1. The Hall–Kier alpha value is -2.62. The van der Waals surface area contributed by atoms with Crippen molar-refractivity contribution in [2.75, 3.05) is 6.61 Å². The Kier molecular flexibility index (Phi) is 4.06. The minimum absolute atomic E-state index is 0.299. The number of nitrogens with zero attached hydrogens (tertiary/aromatic N) is 1. The molecule has 0 amide bonds. The molecule has 2 heterocycles.